The number of pyridine rings is 1. The standard InChI is InChI=1S/C39H40N4O/c1-23-14-15-40-37(20-23)42-35-11-9-8-10-33(35)34-13-12-31(22-36(34)42)44-32-19-25(3)18-30(21-32)43-29(7)39(28(6)41-43)38-26(4)16-24(2)17-27(38)5/h8-16,18-22,24,27,38H,17H2,1-7H3/t24?,27-,38+/m0/s1. The number of aryl methyl sites for hydroxylation is 3. The van der Waals surface area contributed by atoms with Crippen LogP contribution in [0.25, 0.3) is 33.3 Å². The van der Waals surface area contributed by atoms with Crippen molar-refractivity contribution in [2.45, 2.75) is 60.8 Å². The lowest BCUT2D eigenvalue weighted by molar-refractivity contribution is 0.390. The van der Waals surface area contributed by atoms with Gasteiger partial charge in [-0.3, -0.25) is 4.57 Å². The van der Waals surface area contributed by atoms with Gasteiger partial charge in [0.15, 0.2) is 0 Å². The van der Waals surface area contributed by atoms with Crippen molar-refractivity contribution in [3.63, 3.8) is 0 Å². The van der Waals surface area contributed by atoms with Gasteiger partial charge in [0.1, 0.15) is 17.3 Å². The number of allylic oxidation sites excluding steroid dienone is 2. The molecule has 0 amide bonds. The maximum atomic E-state index is 6.60. The Kier molecular flexibility index (Phi) is 6.92. The van der Waals surface area contributed by atoms with Gasteiger partial charge in [-0.2, -0.15) is 5.10 Å². The maximum absolute atomic E-state index is 6.60. The van der Waals surface area contributed by atoms with E-state index in [0.717, 1.165) is 45.3 Å². The van der Waals surface area contributed by atoms with Crippen molar-refractivity contribution in [3.05, 3.63) is 119 Å². The average Bonchev–Trinajstić information content (AvgIpc) is 3.45. The second-order valence-electron chi connectivity index (χ2n) is 12.9. The molecule has 5 nitrogen and oxygen atoms in total. The number of ether oxygens (including phenoxy) is 1. The molecule has 1 unspecified atom stereocenters. The molecule has 0 N–H and O–H groups in total. The molecule has 222 valence electrons. The van der Waals surface area contributed by atoms with Crippen LogP contribution in [0.15, 0.2) is 90.6 Å². The van der Waals surface area contributed by atoms with Gasteiger partial charge in [0.05, 0.1) is 22.4 Å². The molecule has 0 bridgehead atoms. The topological polar surface area (TPSA) is 44.9 Å². The average molecular weight is 581 g/mol. The van der Waals surface area contributed by atoms with Crippen LogP contribution in [0.3, 0.4) is 0 Å². The predicted octanol–water partition coefficient (Wildman–Crippen LogP) is 10.1. The Morgan fingerprint density at radius 3 is 2.36 bits per heavy atom. The molecule has 44 heavy (non-hydrogen) atoms. The molecule has 0 fully saturated rings. The van der Waals surface area contributed by atoms with Gasteiger partial charge in [-0.15, -0.1) is 0 Å². The zero-order valence-corrected chi connectivity index (χ0v) is 26.7. The first-order valence-electron chi connectivity index (χ1n) is 15.7. The minimum atomic E-state index is 0.404. The minimum Gasteiger partial charge on any atom is -0.457 e. The summed E-state index contributed by atoms with van der Waals surface area (Å²) in [5.74, 6) is 4.09. The highest BCUT2D eigenvalue weighted by Gasteiger charge is 2.31. The highest BCUT2D eigenvalue weighted by atomic mass is 16.5. The van der Waals surface area contributed by atoms with E-state index in [1.54, 1.807) is 0 Å². The van der Waals surface area contributed by atoms with Crippen LogP contribution in [0, 0.1) is 39.5 Å². The van der Waals surface area contributed by atoms with Crippen molar-refractivity contribution >= 4 is 21.8 Å². The third kappa shape index (κ3) is 4.81. The summed E-state index contributed by atoms with van der Waals surface area (Å²) < 4.78 is 10.9. The lowest BCUT2D eigenvalue weighted by Gasteiger charge is -2.32. The molecule has 5 heteroatoms. The number of benzene rings is 3. The Hall–Kier alpha value is -4.64. The van der Waals surface area contributed by atoms with Gasteiger partial charge in [0.2, 0.25) is 0 Å². The summed E-state index contributed by atoms with van der Waals surface area (Å²) in [5, 5.41) is 7.44. The summed E-state index contributed by atoms with van der Waals surface area (Å²) >= 11 is 0. The van der Waals surface area contributed by atoms with Crippen LogP contribution in [0.5, 0.6) is 11.5 Å². The van der Waals surface area contributed by atoms with Crippen LogP contribution in [0.2, 0.25) is 0 Å². The fourth-order valence-corrected chi connectivity index (χ4v) is 7.61. The molecule has 3 heterocycles. The maximum Gasteiger partial charge on any atom is 0.137 e. The summed E-state index contributed by atoms with van der Waals surface area (Å²) in [7, 11) is 0. The summed E-state index contributed by atoms with van der Waals surface area (Å²) in [6.07, 6.45) is 5.53. The van der Waals surface area contributed by atoms with Crippen LogP contribution in [-0.4, -0.2) is 19.3 Å². The molecule has 3 atom stereocenters. The quantitative estimate of drug-likeness (QED) is 0.191. The van der Waals surface area contributed by atoms with Gasteiger partial charge >= 0.3 is 0 Å². The number of para-hydroxylation sites is 1. The van der Waals surface area contributed by atoms with Crippen LogP contribution in [0.1, 0.15) is 61.2 Å². The van der Waals surface area contributed by atoms with Crippen LogP contribution >= 0.6 is 0 Å². The molecule has 0 aliphatic heterocycles. The lowest BCUT2D eigenvalue weighted by Crippen LogP contribution is -2.20. The van der Waals surface area contributed by atoms with Crippen LogP contribution < -0.4 is 4.74 Å². The fourth-order valence-electron chi connectivity index (χ4n) is 7.61. The minimum absolute atomic E-state index is 0.404. The summed E-state index contributed by atoms with van der Waals surface area (Å²) in [5.41, 5.74) is 10.6. The van der Waals surface area contributed by atoms with E-state index in [-0.39, 0.29) is 0 Å². The van der Waals surface area contributed by atoms with Gasteiger partial charge in [0.25, 0.3) is 0 Å². The first-order chi connectivity index (χ1) is 21.2. The molecule has 0 spiro atoms. The smallest absolute Gasteiger partial charge is 0.137 e. The molecule has 3 aromatic heterocycles. The Bertz CT molecular complexity index is 2080. The van der Waals surface area contributed by atoms with Crippen molar-refractivity contribution in [1.82, 2.24) is 19.3 Å². The van der Waals surface area contributed by atoms with Crippen molar-refractivity contribution in [2.75, 3.05) is 0 Å². The lowest BCUT2D eigenvalue weighted by atomic mass is 9.72. The zero-order valence-electron chi connectivity index (χ0n) is 26.7. The van der Waals surface area contributed by atoms with E-state index in [0.29, 0.717) is 17.8 Å². The van der Waals surface area contributed by atoms with Gasteiger partial charge < -0.3 is 4.74 Å². The summed E-state index contributed by atoms with van der Waals surface area (Å²) in [6, 6.07) is 25.4. The molecular weight excluding hydrogens is 540 g/mol. The molecular formula is C39H40N4O. The second-order valence-corrected chi connectivity index (χ2v) is 12.9. The Labute approximate surface area is 259 Å². The van der Waals surface area contributed by atoms with Crippen molar-refractivity contribution in [1.29, 1.82) is 0 Å². The van der Waals surface area contributed by atoms with E-state index in [1.807, 2.05) is 12.3 Å². The van der Waals surface area contributed by atoms with Crippen molar-refractivity contribution < 1.29 is 4.74 Å². The predicted molar refractivity (Wildman–Crippen MR) is 181 cm³/mol. The Morgan fingerprint density at radius 1 is 0.773 bits per heavy atom. The molecule has 3 aromatic carbocycles. The summed E-state index contributed by atoms with van der Waals surface area (Å²) in [4.78, 5) is 4.73. The third-order valence-corrected chi connectivity index (χ3v) is 9.30. The number of nitrogens with zero attached hydrogens (tertiary/aromatic N) is 4. The third-order valence-electron chi connectivity index (χ3n) is 9.30. The molecule has 0 saturated carbocycles. The van der Waals surface area contributed by atoms with Crippen LogP contribution in [-0.2, 0) is 0 Å². The molecule has 1 aliphatic carbocycles. The molecule has 6 aromatic rings. The largest absolute Gasteiger partial charge is 0.457 e. The Balaban J connectivity index is 1.28. The molecule has 7 rings (SSSR count). The molecule has 0 saturated heterocycles. The van der Waals surface area contributed by atoms with E-state index < -0.39 is 0 Å². The molecule has 0 radical (unpaired) electrons. The highest BCUT2D eigenvalue weighted by Crippen LogP contribution is 2.43. The Morgan fingerprint density at radius 2 is 1.57 bits per heavy atom. The normalized spacial score (nSPS) is 18.6. The number of aromatic nitrogens is 4. The van der Waals surface area contributed by atoms with E-state index >= 15 is 0 Å². The number of rotatable bonds is 5. The number of hydrogen-bond acceptors (Lipinski definition) is 3. The van der Waals surface area contributed by atoms with Gasteiger partial charge in [0, 0.05) is 46.3 Å². The van der Waals surface area contributed by atoms with Gasteiger partial charge in [-0.05, 0) is 106 Å². The molecule has 1 aliphatic rings. The van der Waals surface area contributed by atoms with E-state index in [2.05, 4.69) is 131 Å². The SMILES string of the molecule is CC1=CC(C)C[C@H](C)[C@@H]1c1c(C)nn(-c2cc(C)cc(Oc3ccc4c5ccccc5n(-c5cc(C)ccn5)c4c3)c2)c1C. The number of hydrogen-bond donors (Lipinski definition) is 0. The van der Waals surface area contributed by atoms with Crippen LogP contribution in [0.4, 0.5) is 0 Å². The second kappa shape index (κ2) is 10.8. The zero-order chi connectivity index (χ0) is 30.7. The fraction of sp³-hybridized carbons (Fsp3) is 0.282. The van der Waals surface area contributed by atoms with E-state index in [1.165, 1.54) is 39.6 Å². The van der Waals surface area contributed by atoms with Gasteiger partial charge in [-0.1, -0.05) is 43.7 Å². The summed E-state index contributed by atoms with van der Waals surface area (Å²) in [6.45, 7) is 15.6. The van der Waals surface area contributed by atoms with E-state index in [4.69, 9.17) is 14.8 Å². The van der Waals surface area contributed by atoms with Crippen molar-refractivity contribution in [2.24, 2.45) is 11.8 Å². The first-order valence-corrected chi connectivity index (χ1v) is 15.7. The van der Waals surface area contributed by atoms with E-state index in [9.17, 15) is 0 Å². The monoisotopic (exact) mass is 580 g/mol. The van der Waals surface area contributed by atoms with Crippen molar-refractivity contribution in [3.8, 4) is 23.0 Å². The highest BCUT2D eigenvalue weighted by molar-refractivity contribution is 6.09. The first kappa shape index (κ1) is 28.1. The number of fused-ring (bicyclic) bond motifs is 3. The van der Waals surface area contributed by atoms with Gasteiger partial charge in [-0.25, -0.2) is 9.67 Å².